The minimum Gasteiger partial charge on any atom is -0.463 e. The molecule has 0 aromatic heterocycles. The Labute approximate surface area is 142 Å². The lowest BCUT2D eigenvalue weighted by Gasteiger charge is -2.32. The Bertz CT molecular complexity index is 711. The molecule has 124 valence electrons. The SMILES string of the molecule is CCOC(=O)C1=C(Nc2ccccc2)CCN(c2ccccc2)C1. The summed E-state index contributed by atoms with van der Waals surface area (Å²) in [5.41, 5.74) is 3.77. The van der Waals surface area contributed by atoms with Crippen molar-refractivity contribution < 1.29 is 9.53 Å². The highest BCUT2D eigenvalue weighted by Crippen LogP contribution is 2.25. The second-order valence-electron chi connectivity index (χ2n) is 5.68. The lowest BCUT2D eigenvalue weighted by molar-refractivity contribution is -0.138. The maximum atomic E-state index is 12.4. The molecule has 0 atom stereocenters. The number of hydrogen-bond donors (Lipinski definition) is 1. The van der Waals surface area contributed by atoms with Crippen LogP contribution in [0.5, 0.6) is 0 Å². The molecule has 2 aromatic carbocycles. The molecule has 4 heteroatoms. The molecule has 0 spiro atoms. The standard InChI is InChI=1S/C20H22N2O2/c1-2-24-20(23)18-15-22(17-11-7-4-8-12-17)14-13-19(18)21-16-9-5-3-6-10-16/h3-12,21H,2,13-15H2,1H3. The number of carbonyl (C=O) groups is 1. The van der Waals surface area contributed by atoms with Gasteiger partial charge >= 0.3 is 5.97 Å². The molecule has 1 heterocycles. The molecule has 1 aliphatic rings. The number of rotatable bonds is 5. The van der Waals surface area contributed by atoms with Crippen molar-refractivity contribution in [1.29, 1.82) is 0 Å². The summed E-state index contributed by atoms with van der Waals surface area (Å²) in [6, 6.07) is 20.1. The van der Waals surface area contributed by atoms with Crippen molar-refractivity contribution in [3.05, 3.63) is 71.9 Å². The van der Waals surface area contributed by atoms with Crippen molar-refractivity contribution >= 4 is 17.3 Å². The Hall–Kier alpha value is -2.75. The molecule has 24 heavy (non-hydrogen) atoms. The van der Waals surface area contributed by atoms with Crippen LogP contribution in [-0.2, 0) is 9.53 Å². The number of nitrogens with one attached hydrogen (secondary N) is 1. The fraction of sp³-hybridized carbons (Fsp3) is 0.250. The van der Waals surface area contributed by atoms with E-state index in [2.05, 4.69) is 22.3 Å². The molecule has 0 bridgehead atoms. The number of benzene rings is 2. The van der Waals surface area contributed by atoms with Crippen molar-refractivity contribution in [2.75, 3.05) is 29.9 Å². The molecule has 0 unspecified atom stereocenters. The number of carbonyl (C=O) groups excluding carboxylic acids is 1. The highest BCUT2D eigenvalue weighted by atomic mass is 16.5. The van der Waals surface area contributed by atoms with Gasteiger partial charge in [0, 0.05) is 30.0 Å². The van der Waals surface area contributed by atoms with Crippen LogP contribution in [0.25, 0.3) is 0 Å². The van der Waals surface area contributed by atoms with E-state index in [1.165, 1.54) is 0 Å². The van der Waals surface area contributed by atoms with Crippen molar-refractivity contribution in [3.8, 4) is 0 Å². The largest absolute Gasteiger partial charge is 0.463 e. The third-order valence-corrected chi connectivity index (χ3v) is 4.06. The van der Waals surface area contributed by atoms with Gasteiger partial charge in [-0.2, -0.15) is 0 Å². The average Bonchev–Trinajstić information content (AvgIpc) is 2.64. The number of anilines is 2. The topological polar surface area (TPSA) is 41.6 Å². The first kappa shape index (κ1) is 16.1. The van der Waals surface area contributed by atoms with Crippen molar-refractivity contribution in [3.63, 3.8) is 0 Å². The summed E-state index contributed by atoms with van der Waals surface area (Å²) >= 11 is 0. The van der Waals surface area contributed by atoms with Crippen LogP contribution in [0, 0.1) is 0 Å². The smallest absolute Gasteiger partial charge is 0.337 e. The van der Waals surface area contributed by atoms with E-state index in [9.17, 15) is 4.79 Å². The van der Waals surface area contributed by atoms with Gasteiger partial charge in [0.05, 0.1) is 18.7 Å². The molecule has 1 aliphatic heterocycles. The molecule has 3 rings (SSSR count). The predicted octanol–water partition coefficient (Wildman–Crippen LogP) is 3.83. The summed E-state index contributed by atoms with van der Waals surface area (Å²) in [4.78, 5) is 14.6. The van der Waals surface area contributed by atoms with E-state index < -0.39 is 0 Å². The van der Waals surface area contributed by atoms with E-state index >= 15 is 0 Å². The van der Waals surface area contributed by atoms with Crippen LogP contribution in [0.15, 0.2) is 71.9 Å². The highest BCUT2D eigenvalue weighted by molar-refractivity contribution is 5.91. The number of ether oxygens (including phenoxy) is 1. The van der Waals surface area contributed by atoms with Crippen LogP contribution in [0.1, 0.15) is 13.3 Å². The number of hydrogen-bond acceptors (Lipinski definition) is 4. The van der Waals surface area contributed by atoms with Crippen LogP contribution < -0.4 is 10.2 Å². The maximum absolute atomic E-state index is 12.4. The molecule has 0 radical (unpaired) electrons. The quantitative estimate of drug-likeness (QED) is 0.850. The number of nitrogens with zero attached hydrogens (tertiary/aromatic N) is 1. The summed E-state index contributed by atoms with van der Waals surface area (Å²) in [7, 11) is 0. The minimum atomic E-state index is -0.239. The van der Waals surface area contributed by atoms with E-state index in [1.807, 2.05) is 55.5 Å². The average molecular weight is 322 g/mol. The Morgan fingerprint density at radius 1 is 1.08 bits per heavy atom. The number of para-hydroxylation sites is 2. The van der Waals surface area contributed by atoms with E-state index in [4.69, 9.17) is 4.74 Å². The van der Waals surface area contributed by atoms with Gasteiger partial charge in [-0.25, -0.2) is 4.79 Å². The Morgan fingerprint density at radius 2 is 1.75 bits per heavy atom. The van der Waals surface area contributed by atoms with Crippen LogP contribution in [0.3, 0.4) is 0 Å². The van der Waals surface area contributed by atoms with Gasteiger partial charge in [0.2, 0.25) is 0 Å². The molecule has 0 amide bonds. The molecule has 4 nitrogen and oxygen atoms in total. The summed E-state index contributed by atoms with van der Waals surface area (Å²) in [5.74, 6) is -0.239. The fourth-order valence-electron chi connectivity index (χ4n) is 2.86. The second-order valence-corrected chi connectivity index (χ2v) is 5.68. The monoisotopic (exact) mass is 322 g/mol. The van der Waals surface area contributed by atoms with Crippen LogP contribution in [0.4, 0.5) is 11.4 Å². The van der Waals surface area contributed by atoms with Gasteiger partial charge in [-0.05, 0) is 31.2 Å². The van der Waals surface area contributed by atoms with Crippen molar-refractivity contribution in [2.45, 2.75) is 13.3 Å². The lowest BCUT2D eigenvalue weighted by atomic mass is 10.0. The Balaban J connectivity index is 1.86. The summed E-state index contributed by atoms with van der Waals surface area (Å²) < 4.78 is 5.27. The van der Waals surface area contributed by atoms with Gasteiger partial charge in [-0.15, -0.1) is 0 Å². The first-order chi connectivity index (χ1) is 11.8. The molecule has 0 aliphatic carbocycles. The van der Waals surface area contributed by atoms with Gasteiger partial charge < -0.3 is 15.0 Å². The molecule has 2 aromatic rings. The molecule has 0 saturated carbocycles. The third-order valence-electron chi connectivity index (χ3n) is 4.06. The van der Waals surface area contributed by atoms with E-state index in [0.717, 1.165) is 30.0 Å². The first-order valence-corrected chi connectivity index (χ1v) is 8.29. The normalized spacial score (nSPS) is 14.5. The van der Waals surface area contributed by atoms with Gasteiger partial charge in [-0.3, -0.25) is 0 Å². The summed E-state index contributed by atoms with van der Waals surface area (Å²) in [6.07, 6.45) is 0.776. The van der Waals surface area contributed by atoms with Gasteiger partial charge in [0.25, 0.3) is 0 Å². The summed E-state index contributed by atoms with van der Waals surface area (Å²) in [5, 5.41) is 3.39. The highest BCUT2D eigenvalue weighted by Gasteiger charge is 2.25. The molecular weight excluding hydrogens is 300 g/mol. The van der Waals surface area contributed by atoms with Crippen LogP contribution in [-0.4, -0.2) is 25.7 Å². The van der Waals surface area contributed by atoms with Gasteiger partial charge in [0.1, 0.15) is 0 Å². The summed E-state index contributed by atoms with van der Waals surface area (Å²) in [6.45, 7) is 3.63. The fourth-order valence-corrected chi connectivity index (χ4v) is 2.86. The predicted molar refractivity (Wildman–Crippen MR) is 97.0 cm³/mol. The molecule has 0 fully saturated rings. The van der Waals surface area contributed by atoms with Crippen molar-refractivity contribution in [2.24, 2.45) is 0 Å². The van der Waals surface area contributed by atoms with E-state index in [1.54, 1.807) is 0 Å². The Kier molecular flexibility index (Phi) is 5.16. The van der Waals surface area contributed by atoms with Crippen molar-refractivity contribution in [1.82, 2.24) is 0 Å². The number of esters is 1. The van der Waals surface area contributed by atoms with Gasteiger partial charge in [-0.1, -0.05) is 36.4 Å². The molecular formula is C20H22N2O2. The zero-order valence-electron chi connectivity index (χ0n) is 13.9. The zero-order chi connectivity index (χ0) is 16.8. The van der Waals surface area contributed by atoms with Gasteiger partial charge in [0.15, 0.2) is 0 Å². The first-order valence-electron chi connectivity index (χ1n) is 8.29. The van der Waals surface area contributed by atoms with Crippen LogP contribution in [0.2, 0.25) is 0 Å². The molecule has 1 N–H and O–H groups in total. The minimum absolute atomic E-state index is 0.239. The van der Waals surface area contributed by atoms with Crippen LogP contribution >= 0.6 is 0 Å². The lowest BCUT2D eigenvalue weighted by Crippen LogP contribution is -2.36. The van der Waals surface area contributed by atoms with E-state index in [-0.39, 0.29) is 5.97 Å². The Morgan fingerprint density at radius 3 is 2.42 bits per heavy atom. The third kappa shape index (κ3) is 3.77. The maximum Gasteiger partial charge on any atom is 0.337 e. The second kappa shape index (κ2) is 7.68. The molecule has 0 saturated heterocycles. The van der Waals surface area contributed by atoms with E-state index in [0.29, 0.717) is 18.7 Å². The zero-order valence-corrected chi connectivity index (χ0v) is 13.9.